The molecule has 15 heavy (non-hydrogen) atoms. The Morgan fingerprint density at radius 2 is 2.27 bits per heavy atom. The van der Waals surface area contributed by atoms with Crippen LogP contribution in [0.25, 0.3) is 0 Å². The predicted octanol–water partition coefficient (Wildman–Crippen LogP) is -0.355. The molecule has 0 aromatic heterocycles. The molecule has 1 heterocycles. The Labute approximate surface area is 90.3 Å². The first-order valence-corrected chi connectivity index (χ1v) is 5.36. The summed E-state index contributed by atoms with van der Waals surface area (Å²) >= 11 is 0. The Bertz CT molecular complexity index is 189. The molecule has 3 N–H and O–H groups in total. The number of nitrogens with two attached hydrogens (primary N) is 1. The number of carbonyl (C=O) groups excluding carboxylic acids is 1. The first-order chi connectivity index (χ1) is 7.26. The summed E-state index contributed by atoms with van der Waals surface area (Å²) in [5, 5.41) is 2.96. The maximum Gasteiger partial charge on any atom is 0.222 e. The molecule has 1 aliphatic rings. The number of hydrogen-bond donors (Lipinski definition) is 2. The van der Waals surface area contributed by atoms with Crippen LogP contribution in [0.5, 0.6) is 0 Å². The molecule has 5 nitrogen and oxygen atoms in total. The standard InChI is InChI=1S/C10H20N2O3/c1-14-9(7-11)6-10(13)12-8-2-4-15-5-3-8/h8-9H,2-7,11H2,1H3,(H,12,13). The van der Waals surface area contributed by atoms with Gasteiger partial charge in [0.25, 0.3) is 0 Å². The van der Waals surface area contributed by atoms with E-state index in [2.05, 4.69) is 5.32 Å². The van der Waals surface area contributed by atoms with Crippen LogP contribution in [0.2, 0.25) is 0 Å². The monoisotopic (exact) mass is 216 g/mol. The number of hydrogen-bond acceptors (Lipinski definition) is 4. The number of amides is 1. The Balaban J connectivity index is 2.21. The molecule has 1 unspecified atom stereocenters. The topological polar surface area (TPSA) is 73.6 Å². The Hall–Kier alpha value is -0.650. The van der Waals surface area contributed by atoms with Crippen LogP contribution in [0.15, 0.2) is 0 Å². The summed E-state index contributed by atoms with van der Waals surface area (Å²) < 4.78 is 10.3. The lowest BCUT2D eigenvalue weighted by Gasteiger charge is -2.23. The summed E-state index contributed by atoms with van der Waals surface area (Å²) in [4.78, 5) is 11.6. The molecule has 1 saturated heterocycles. The van der Waals surface area contributed by atoms with Crippen molar-refractivity contribution in [3.05, 3.63) is 0 Å². The van der Waals surface area contributed by atoms with E-state index in [0.717, 1.165) is 26.1 Å². The van der Waals surface area contributed by atoms with Crippen molar-refractivity contribution in [1.82, 2.24) is 5.32 Å². The highest BCUT2D eigenvalue weighted by atomic mass is 16.5. The van der Waals surface area contributed by atoms with Gasteiger partial charge in [0, 0.05) is 32.9 Å². The summed E-state index contributed by atoms with van der Waals surface area (Å²) in [6, 6.07) is 0.251. The third-order valence-corrected chi connectivity index (χ3v) is 2.60. The zero-order valence-electron chi connectivity index (χ0n) is 9.20. The van der Waals surface area contributed by atoms with Crippen molar-refractivity contribution in [1.29, 1.82) is 0 Å². The summed E-state index contributed by atoms with van der Waals surface area (Å²) in [5.74, 6) is 0.0131. The average molecular weight is 216 g/mol. The van der Waals surface area contributed by atoms with Gasteiger partial charge in [-0.15, -0.1) is 0 Å². The molecular formula is C10H20N2O3. The van der Waals surface area contributed by atoms with E-state index in [0.29, 0.717) is 13.0 Å². The van der Waals surface area contributed by atoms with Crippen LogP contribution in [0.1, 0.15) is 19.3 Å². The van der Waals surface area contributed by atoms with Crippen LogP contribution >= 0.6 is 0 Å². The van der Waals surface area contributed by atoms with Crippen molar-refractivity contribution in [2.45, 2.75) is 31.4 Å². The summed E-state index contributed by atoms with van der Waals surface area (Å²) in [6.45, 7) is 1.84. The lowest BCUT2D eigenvalue weighted by Crippen LogP contribution is -2.41. The molecule has 5 heteroatoms. The van der Waals surface area contributed by atoms with E-state index >= 15 is 0 Å². The molecule has 0 bridgehead atoms. The van der Waals surface area contributed by atoms with Crippen molar-refractivity contribution in [2.75, 3.05) is 26.9 Å². The van der Waals surface area contributed by atoms with Crippen LogP contribution < -0.4 is 11.1 Å². The highest BCUT2D eigenvalue weighted by molar-refractivity contribution is 5.76. The lowest BCUT2D eigenvalue weighted by atomic mass is 10.1. The van der Waals surface area contributed by atoms with Gasteiger partial charge in [-0.25, -0.2) is 0 Å². The summed E-state index contributed by atoms with van der Waals surface area (Å²) in [7, 11) is 1.57. The van der Waals surface area contributed by atoms with Crippen molar-refractivity contribution in [2.24, 2.45) is 5.73 Å². The molecular weight excluding hydrogens is 196 g/mol. The van der Waals surface area contributed by atoms with Gasteiger partial charge in [-0.2, -0.15) is 0 Å². The van der Waals surface area contributed by atoms with E-state index in [9.17, 15) is 4.79 Å². The number of nitrogens with one attached hydrogen (secondary N) is 1. The van der Waals surface area contributed by atoms with Crippen molar-refractivity contribution < 1.29 is 14.3 Å². The maximum atomic E-state index is 11.6. The zero-order chi connectivity index (χ0) is 11.1. The van der Waals surface area contributed by atoms with Crippen LogP contribution in [0.3, 0.4) is 0 Å². The second-order valence-electron chi connectivity index (χ2n) is 3.75. The minimum atomic E-state index is -0.176. The van der Waals surface area contributed by atoms with Gasteiger partial charge < -0.3 is 20.5 Å². The molecule has 0 aliphatic carbocycles. The molecule has 0 radical (unpaired) electrons. The highest BCUT2D eigenvalue weighted by Crippen LogP contribution is 2.06. The molecule has 1 aliphatic heterocycles. The van der Waals surface area contributed by atoms with E-state index in [1.807, 2.05) is 0 Å². The van der Waals surface area contributed by atoms with Crippen LogP contribution in [0, 0.1) is 0 Å². The fraction of sp³-hybridized carbons (Fsp3) is 0.900. The minimum Gasteiger partial charge on any atom is -0.381 e. The fourth-order valence-corrected chi connectivity index (χ4v) is 1.60. The van der Waals surface area contributed by atoms with Crippen molar-refractivity contribution >= 4 is 5.91 Å². The fourth-order valence-electron chi connectivity index (χ4n) is 1.60. The highest BCUT2D eigenvalue weighted by Gasteiger charge is 2.18. The number of carbonyl (C=O) groups is 1. The third kappa shape index (κ3) is 4.59. The van der Waals surface area contributed by atoms with Crippen LogP contribution in [0.4, 0.5) is 0 Å². The minimum absolute atomic E-state index is 0.0131. The van der Waals surface area contributed by atoms with Gasteiger partial charge in [0.05, 0.1) is 12.5 Å². The SMILES string of the molecule is COC(CN)CC(=O)NC1CCOCC1. The quantitative estimate of drug-likeness (QED) is 0.658. The van der Waals surface area contributed by atoms with E-state index in [-0.39, 0.29) is 18.1 Å². The first kappa shape index (κ1) is 12.4. The van der Waals surface area contributed by atoms with Crippen LogP contribution in [-0.4, -0.2) is 44.9 Å². The lowest BCUT2D eigenvalue weighted by molar-refractivity contribution is -0.124. The van der Waals surface area contributed by atoms with E-state index in [4.69, 9.17) is 15.2 Å². The largest absolute Gasteiger partial charge is 0.381 e. The molecule has 0 spiro atoms. The molecule has 1 fully saturated rings. The van der Waals surface area contributed by atoms with Gasteiger partial charge >= 0.3 is 0 Å². The van der Waals surface area contributed by atoms with Gasteiger partial charge in [-0.1, -0.05) is 0 Å². The number of ether oxygens (including phenoxy) is 2. The van der Waals surface area contributed by atoms with E-state index in [1.165, 1.54) is 0 Å². The first-order valence-electron chi connectivity index (χ1n) is 5.36. The third-order valence-electron chi connectivity index (χ3n) is 2.60. The molecule has 88 valence electrons. The number of rotatable bonds is 5. The molecule has 0 saturated carbocycles. The van der Waals surface area contributed by atoms with E-state index < -0.39 is 0 Å². The molecule has 0 aromatic rings. The Morgan fingerprint density at radius 1 is 1.60 bits per heavy atom. The van der Waals surface area contributed by atoms with Gasteiger partial charge in [-0.3, -0.25) is 4.79 Å². The van der Waals surface area contributed by atoms with E-state index in [1.54, 1.807) is 7.11 Å². The summed E-state index contributed by atoms with van der Waals surface area (Å²) in [6.07, 6.45) is 1.95. The van der Waals surface area contributed by atoms with Gasteiger partial charge in [0.2, 0.25) is 5.91 Å². The predicted molar refractivity (Wildman–Crippen MR) is 56.5 cm³/mol. The van der Waals surface area contributed by atoms with Gasteiger partial charge in [0.1, 0.15) is 0 Å². The summed E-state index contributed by atoms with van der Waals surface area (Å²) in [5.41, 5.74) is 5.44. The van der Waals surface area contributed by atoms with Crippen molar-refractivity contribution in [3.63, 3.8) is 0 Å². The Kier molecular flexibility index (Phi) is 5.60. The zero-order valence-corrected chi connectivity index (χ0v) is 9.20. The molecule has 1 amide bonds. The van der Waals surface area contributed by atoms with Crippen molar-refractivity contribution in [3.8, 4) is 0 Å². The second-order valence-corrected chi connectivity index (χ2v) is 3.75. The smallest absolute Gasteiger partial charge is 0.222 e. The molecule has 1 rings (SSSR count). The maximum absolute atomic E-state index is 11.6. The Morgan fingerprint density at radius 3 is 2.80 bits per heavy atom. The van der Waals surface area contributed by atoms with Gasteiger partial charge in [-0.05, 0) is 12.8 Å². The number of methoxy groups -OCH3 is 1. The molecule has 1 atom stereocenters. The average Bonchev–Trinajstić information content (AvgIpc) is 2.27. The van der Waals surface area contributed by atoms with Gasteiger partial charge in [0.15, 0.2) is 0 Å². The normalized spacial score (nSPS) is 19.9. The second kappa shape index (κ2) is 6.76. The van der Waals surface area contributed by atoms with Crippen LogP contribution in [-0.2, 0) is 14.3 Å². The molecule has 0 aromatic carbocycles.